The lowest BCUT2D eigenvalue weighted by molar-refractivity contribution is 0.102. The number of hydrogen-bond donors (Lipinski definition) is 0. The van der Waals surface area contributed by atoms with Gasteiger partial charge >= 0.3 is 0 Å². The molecule has 3 rings (SSSR count). The van der Waals surface area contributed by atoms with Gasteiger partial charge in [0.2, 0.25) is 0 Å². The molecule has 1 saturated carbocycles. The minimum Gasteiger partial charge on any atom is -0.345 e. The Bertz CT molecular complexity index is 674. The van der Waals surface area contributed by atoms with E-state index in [2.05, 4.69) is 16.5 Å². The first-order valence-electron chi connectivity index (χ1n) is 7.02. The number of carbonyl (C=O) groups is 1. The van der Waals surface area contributed by atoms with Crippen LogP contribution < -0.4 is 0 Å². The summed E-state index contributed by atoms with van der Waals surface area (Å²) in [6.07, 6.45) is 4.06. The summed E-state index contributed by atoms with van der Waals surface area (Å²) in [5, 5.41) is 1.43. The molecule has 0 aliphatic heterocycles. The molecular formula is C16H17ClN2OS. The van der Waals surface area contributed by atoms with Gasteiger partial charge in [-0.25, -0.2) is 4.98 Å². The number of halogens is 1. The quantitative estimate of drug-likeness (QED) is 0.602. The normalized spacial score (nSPS) is 14.4. The topological polar surface area (TPSA) is 34.9 Å². The molecule has 1 fully saturated rings. The molecular weight excluding hydrogens is 304 g/mol. The molecule has 2 aromatic heterocycles. The van der Waals surface area contributed by atoms with Crippen molar-refractivity contribution in [3.05, 3.63) is 46.4 Å². The second kappa shape index (κ2) is 5.85. The van der Waals surface area contributed by atoms with Gasteiger partial charge in [-0.15, -0.1) is 0 Å². The monoisotopic (exact) mass is 320 g/mol. The van der Waals surface area contributed by atoms with E-state index in [1.54, 1.807) is 12.3 Å². The maximum atomic E-state index is 12.4. The number of aromatic nitrogens is 2. The van der Waals surface area contributed by atoms with Crippen molar-refractivity contribution in [1.82, 2.24) is 9.55 Å². The van der Waals surface area contributed by atoms with Gasteiger partial charge in [0.25, 0.3) is 0 Å². The average molecular weight is 321 g/mol. The summed E-state index contributed by atoms with van der Waals surface area (Å²) in [6, 6.07) is 6.26. The number of hydrogen-bond acceptors (Lipinski definition) is 3. The molecule has 0 N–H and O–H groups in total. The molecule has 1 aliphatic rings. The number of Topliss-reactive ketones (excluding diaryl/α,β-unsaturated/α-hetero) is 1. The van der Waals surface area contributed by atoms with Crippen LogP contribution in [0.3, 0.4) is 0 Å². The third kappa shape index (κ3) is 3.16. The molecule has 21 heavy (non-hydrogen) atoms. The van der Waals surface area contributed by atoms with Crippen molar-refractivity contribution in [3.8, 4) is 0 Å². The Hall–Kier alpha value is -1.26. The Balaban J connectivity index is 1.71. The number of pyridine rings is 1. The van der Waals surface area contributed by atoms with Crippen molar-refractivity contribution in [2.45, 2.75) is 37.8 Å². The molecule has 0 bridgehead atoms. The van der Waals surface area contributed by atoms with E-state index in [0.29, 0.717) is 16.8 Å². The second-order valence-corrected chi connectivity index (χ2v) is 6.84. The van der Waals surface area contributed by atoms with Crippen LogP contribution >= 0.6 is 23.4 Å². The van der Waals surface area contributed by atoms with E-state index in [1.807, 2.05) is 19.1 Å². The van der Waals surface area contributed by atoms with E-state index in [9.17, 15) is 4.79 Å². The highest BCUT2D eigenvalue weighted by molar-refractivity contribution is 7.99. The highest BCUT2D eigenvalue weighted by Crippen LogP contribution is 2.38. The standard InChI is InChI=1S/C16H17ClN2OS/c1-10-7-14(11(2)19(10)13-4-5-13)15(20)9-21-16-6-3-12(17)8-18-16/h3,6-8,13H,4-5,9H2,1-2H3. The Morgan fingerprint density at radius 3 is 2.81 bits per heavy atom. The number of thioether (sulfide) groups is 1. The maximum Gasteiger partial charge on any atom is 0.174 e. The lowest BCUT2D eigenvalue weighted by Gasteiger charge is -2.07. The molecule has 0 unspecified atom stereocenters. The largest absolute Gasteiger partial charge is 0.345 e. The third-order valence-electron chi connectivity index (χ3n) is 3.75. The molecule has 2 heterocycles. The highest BCUT2D eigenvalue weighted by atomic mass is 35.5. The minimum atomic E-state index is 0.164. The van der Waals surface area contributed by atoms with Gasteiger partial charge in [0.15, 0.2) is 5.78 Å². The summed E-state index contributed by atoms with van der Waals surface area (Å²) in [4.78, 5) is 16.6. The fourth-order valence-electron chi connectivity index (χ4n) is 2.62. The van der Waals surface area contributed by atoms with Gasteiger partial charge in [0.1, 0.15) is 0 Å². The second-order valence-electron chi connectivity index (χ2n) is 5.41. The van der Waals surface area contributed by atoms with E-state index in [0.717, 1.165) is 16.3 Å². The number of carbonyl (C=O) groups excluding carboxylic acids is 1. The van der Waals surface area contributed by atoms with Crippen LogP contribution in [-0.4, -0.2) is 21.1 Å². The van der Waals surface area contributed by atoms with Crippen molar-refractivity contribution >= 4 is 29.1 Å². The number of nitrogens with zero attached hydrogens (tertiary/aromatic N) is 2. The molecule has 2 aromatic rings. The number of aryl methyl sites for hydroxylation is 1. The van der Waals surface area contributed by atoms with Gasteiger partial charge in [-0.3, -0.25) is 4.79 Å². The van der Waals surface area contributed by atoms with E-state index in [-0.39, 0.29) is 5.78 Å². The van der Waals surface area contributed by atoms with E-state index < -0.39 is 0 Å². The van der Waals surface area contributed by atoms with Gasteiger partial charge in [-0.2, -0.15) is 0 Å². The van der Waals surface area contributed by atoms with Gasteiger partial charge in [-0.05, 0) is 44.9 Å². The third-order valence-corrected chi connectivity index (χ3v) is 4.92. The summed E-state index contributed by atoms with van der Waals surface area (Å²) in [5.41, 5.74) is 3.14. The summed E-state index contributed by atoms with van der Waals surface area (Å²) in [5.74, 6) is 0.570. The maximum absolute atomic E-state index is 12.4. The van der Waals surface area contributed by atoms with Crippen LogP contribution in [0, 0.1) is 13.8 Å². The Morgan fingerprint density at radius 2 is 2.19 bits per heavy atom. The molecule has 0 spiro atoms. The lowest BCUT2D eigenvalue weighted by Crippen LogP contribution is -2.05. The van der Waals surface area contributed by atoms with E-state index in [4.69, 9.17) is 11.6 Å². The minimum absolute atomic E-state index is 0.164. The first-order chi connectivity index (χ1) is 10.1. The van der Waals surface area contributed by atoms with Gasteiger partial charge < -0.3 is 4.57 Å². The zero-order valence-electron chi connectivity index (χ0n) is 12.1. The first kappa shape index (κ1) is 14.7. The molecule has 0 saturated heterocycles. The first-order valence-corrected chi connectivity index (χ1v) is 8.38. The zero-order valence-corrected chi connectivity index (χ0v) is 13.7. The van der Waals surface area contributed by atoms with Crippen LogP contribution in [0.1, 0.15) is 40.6 Å². The van der Waals surface area contributed by atoms with Crippen LogP contribution in [-0.2, 0) is 0 Å². The average Bonchev–Trinajstić information content (AvgIpc) is 3.24. The fourth-order valence-corrected chi connectivity index (χ4v) is 3.46. The predicted octanol–water partition coefficient (Wildman–Crippen LogP) is 4.46. The Kier molecular flexibility index (Phi) is 4.09. The molecule has 110 valence electrons. The van der Waals surface area contributed by atoms with Crippen LogP contribution in [0.2, 0.25) is 5.02 Å². The van der Waals surface area contributed by atoms with E-state index in [1.165, 1.54) is 30.3 Å². The van der Waals surface area contributed by atoms with Gasteiger partial charge in [0.05, 0.1) is 15.8 Å². The number of rotatable bonds is 5. The molecule has 0 radical (unpaired) electrons. The summed E-state index contributed by atoms with van der Waals surface area (Å²) < 4.78 is 2.30. The van der Waals surface area contributed by atoms with Crippen LogP contribution in [0.4, 0.5) is 0 Å². The molecule has 5 heteroatoms. The number of ketones is 1. The lowest BCUT2D eigenvalue weighted by atomic mass is 10.2. The summed E-state index contributed by atoms with van der Waals surface area (Å²) >= 11 is 7.26. The molecule has 3 nitrogen and oxygen atoms in total. The van der Waals surface area contributed by atoms with Gasteiger partial charge in [0, 0.05) is 29.2 Å². The highest BCUT2D eigenvalue weighted by Gasteiger charge is 2.28. The predicted molar refractivity (Wildman–Crippen MR) is 86.5 cm³/mol. The molecule has 0 amide bonds. The Labute approximate surface area is 133 Å². The molecule has 0 aromatic carbocycles. The fraction of sp³-hybridized carbons (Fsp3) is 0.375. The van der Waals surface area contributed by atoms with Gasteiger partial charge in [-0.1, -0.05) is 23.4 Å². The van der Waals surface area contributed by atoms with Crippen molar-refractivity contribution in [1.29, 1.82) is 0 Å². The van der Waals surface area contributed by atoms with Crippen molar-refractivity contribution in [2.75, 3.05) is 5.75 Å². The smallest absolute Gasteiger partial charge is 0.174 e. The molecule has 0 atom stereocenters. The zero-order chi connectivity index (χ0) is 15.0. The summed E-state index contributed by atoms with van der Waals surface area (Å²) in [7, 11) is 0. The Morgan fingerprint density at radius 1 is 1.43 bits per heavy atom. The van der Waals surface area contributed by atoms with Crippen molar-refractivity contribution in [3.63, 3.8) is 0 Å². The van der Waals surface area contributed by atoms with E-state index >= 15 is 0 Å². The van der Waals surface area contributed by atoms with Crippen LogP contribution in [0.25, 0.3) is 0 Å². The van der Waals surface area contributed by atoms with Crippen LogP contribution in [0.15, 0.2) is 29.4 Å². The van der Waals surface area contributed by atoms with Crippen molar-refractivity contribution in [2.24, 2.45) is 0 Å². The SMILES string of the molecule is Cc1cc(C(=O)CSc2ccc(Cl)cn2)c(C)n1C1CC1. The summed E-state index contributed by atoms with van der Waals surface area (Å²) in [6.45, 7) is 4.12. The van der Waals surface area contributed by atoms with Crippen LogP contribution in [0.5, 0.6) is 0 Å². The van der Waals surface area contributed by atoms with Crippen molar-refractivity contribution < 1.29 is 4.79 Å². The molecule has 1 aliphatic carbocycles.